The van der Waals surface area contributed by atoms with Crippen molar-refractivity contribution in [2.24, 2.45) is 0 Å². The van der Waals surface area contributed by atoms with Crippen LogP contribution in [-0.2, 0) is 6.54 Å². The Balaban J connectivity index is 2.57. The van der Waals surface area contributed by atoms with Gasteiger partial charge < -0.3 is 5.32 Å². The molecule has 0 heterocycles. The second kappa shape index (κ2) is 4.97. The molecule has 0 bridgehead atoms. The van der Waals surface area contributed by atoms with Gasteiger partial charge in [-0.05, 0) is 31.9 Å². The maximum absolute atomic E-state index is 3.86. The highest BCUT2D eigenvalue weighted by atomic mass is 14.8. The van der Waals surface area contributed by atoms with E-state index in [9.17, 15) is 0 Å². The summed E-state index contributed by atoms with van der Waals surface area (Å²) in [7, 11) is 0. The summed E-state index contributed by atoms with van der Waals surface area (Å²) in [5, 5.41) is 3.37. The lowest BCUT2D eigenvalue weighted by Gasteiger charge is -2.08. The fourth-order valence-electron chi connectivity index (χ4n) is 1.40. The first kappa shape index (κ1) is 11.0. The van der Waals surface area contributed by atoms with Crippen LogP contribution in [0.15, 0.2) is 30.4 Å². The molecule has 14 heavy (non-hydrogen) atoms. The predicted octanol–water partition coefficient (Wildman–Crippen LogP) is 2.97. The van der Waals surface area contributed by atoms with Crippen molar-refractivity contribution in [3.63, 3.8) is 0 Å². The van der Waals surface area contributed by atoms with E-state index in [2.05, 4.69) is 43.9 Å². The van der Waals surface area contributed by atoms with Crippen molar-refractivity contribution in [3.05, 3.63) is 47.0 Å². The average Bonchev–Trinajstić information content (AvgIpc) is 2.10. The highest BCUT2D eigenvalue weighted by Gasteiger charge is 1.97. The van der Waals surface area contributed by atoms with Crippen molar-refractivity contribution in [2.45, 2.75) is 27.3 Å². The third-order valence-electron chi connectivity index (χ3n) is 2.25. The average molecular weight is 189 g/mol. The van der Waals surface area contributed by atoms with E-state index in [0.717, 1.165) is 13.1 Å². The van der Waals surface area contributed by atoms with Crippen LogP contribution >= 0.6 is 0 Å². The van der Waals surface area contributed by atoms with Crippen LogP contribution in [0.25, 0.3) is 0 Å². The molecule has 1 heteroatoms. The topological polar surface area (TPSA) is 12.0 Å². The third-order valence-corrected chi connectivity index (χ3v) is 2.25. The van der Waals surface area contributed by atoms with Gasteiger partial charge in [-0.25, -0.2) is 0 Å². The van der Waals surface area contributed by atoms with Crippen molar-refractivity contribution >= 4 is 0 Å². The second-order valence-electron chi connectivity index (χ2n) is 3.99. The van der Waals surface area contributed by atoms with Gasteiger partial charge in [0.25, 0.3) is 0 Å². The van der Waals surface area contributed by atoms with Gasteiger partial charge in [0.15, 0.2) is 0 Å². The number of aryl methyl sites for hydroxylation is 2. The van der Waals surface area contributed by atoms with Crippen molar-refractivity contribution in [1.29, 1.82) is 0 Å². The Morgan fingerprint density at radius 1 is 1.36 bits per heavy atom. The molecule has 0 unspecified atom stereocenters. The molecule has 0 atom stereocenters. The highest BCUT2D eigenvalue weighted by molar-refractivity contribution is 5.30. The first-order valence-corrected chi connectivity index (χ1v) is 5.01. The van der Waals surface area contributed by atoms with Gasteiger partial charge in [0.2, 0.25) is 0 Å². The van der Waals surface area contributed by atoms with Gasteiger partial charge in [-0.1, -0.05) is 35.9 Å². The minimum Gasteiger partial charge on any atom is -0.309 e. The van der Waals surface area contributed by atoms with Crippen molar-refractivity contribution in [3.8, 4) is 0 Å². The molecule has 0 saturated carbocycles. The molecular formula is C13H19N. The Bertz CT molecular complexity index is 326. The fraction of sp³-hybridized carbons (Fsp3) is 0.385. The second-order valence-corrected chi connectivity index (χ2v) is 3.99. The minimum atomic E-state index is 0.896. The third kappa shape index (κ3) is 3.35. The van der Waals surface area contributed by atoms with Crippen molar-refractivity contribution in [2.75, 3.05) is 6.54 Å². The lowest BCUT2D eigenvalue weighted by molar-refractivity contribution is 0.737. The molecule has 0 aliphatic rings. The monoisotopic (exact) mass is 189 g/mol. The molecule has 1 N–H and O–H groups in total. The largest absolute Gasteiger partial charge is 0.309 e. The lowest BCUT2D eigenvalue weighted by Crippen LogP contribution is -2.15. The number of benzene rings is 1. The summed E-state index contributed by atoms with van der Waals surface area (Å²) in [6.07, 6.45) is 0. The van der Waals surface area contributed by atoms with E-state index in [4.69, 9.17) is 0 Å². The maximum atomic E-state index is 3.86. The molecule has 0 aliphatic carbocycles. The van der Waals surface area contributed by atoms with Crippen LogP contribution in [-0.4, -0.2) is 6.54 Å². The molecule has 0 fully saturated rings. The van der Waals surface area contributed by atoms with E-state index in [1.807, 2.05) is 6.92 Å². The Morgan fingerprint density at radius 2 is 2.07 bits per heavy atom. The number of nitrogens with one attached hydrogen (secondary N) is 1. The number of rotatable bonds is 4. The van der Waals surface area contributed by atoms with Crippen LogP contribution in [0.1, 0.15) is 23.6 Å². The van der Waals surface area contributed by atoms with Crippen molar-refractivity contribution < 1.29 is 0 Å². The SMILES string of the molecule is C=C(C)CNCc1cc(C)ccc1C. The van der Waals surface area contributed by atoms with E-state index in [0.29, 0.717) is 0 Å². The molecule has 76 valence electrons. The van der Waals surface area contributed by atoms with E-state index >= 15 is 0 Å². The van der Waals surface area contributed by atoms with Gasteiger partial charge in [0.1, 0.15) is 0 Å². The zero-order chi connectivity index (χ0) is 10.6. The zero-order valence-electron chi connectivity index (χ0n) is 9.35. The van der Waals surface area contributed by atoms with E-state index < -0.39 is 0 Å². The summed E-state index contributed by atoms with van der Waals surface area (Å²) in [6, 6.07) is 6.56. The lowest BCUT2D eigenvalue weighted by atomic mass is 10.1. The van der Waals surface area contributed by atoms with E-state index in [-0.39, 0.29) is 0 Å². The molecule has 1 aromatic carbocycles. The summed E-state index contributed by atoms with van der Waals surface area (Å²) in [4.78, 5) is 0. The first-order chi connectivity index (χ1) is 6.59. The summed E-state index contributed by atoms with van der Waals surface area (Å²) < 4.78 is 0. The van der Waals surface area contributed by atoms with E-state index in [1.165, 1.54) is 22.3 Å². The van der Waals surface area contributed by atoms with Crippen LogP contribution in [0.4, 0.5) is 0 Å². The molecular weight excluding hydrogens is 170 g/mol. The van der Waals surface area contributed by atoms with Crippen LogP contribution < -0.4 is 5.32 Å². The Morgan fingerprint density at radius 3 is 2.71 bits per heavy atom. The Hall–Kier alpha value is -1.08. The van der Waals surface area contributed by atoms with Gasteiger partial charge in [0.05, 0.1) is 0 Å². The molecule has 0 amide bonds. The molecule has 0 aliphatic heterocycles. The first-order valence-electron chi connectivity index (χ1n) is 5.01. The highest BCUT2D eigenvalue weighted by Crippen LogP contribution is 2.10. The molecule has 0 saturated heterocycles. The summed E-state index contributed by atoms with van der Waals surface area (Å²) in [6.45, 7) is 12.0. The molecule has 1 aromatic rings. The minimum absolute atomic E-state index is 0.896. The van der Waals surface area contributed by atoms with Crippen LogP contribution in [0, 0.1) is 13.8 Å². The quantitative estimate of drug-likeness (QED) is 0.718. The number of hydrogen-bond donors (Lipinski definition) is 1. The fourth-order valence-corrected chi connectivity index (χ4v) is 1.40. The molecule has 1 nitrogen and oxygen atoms in total. The summed E-state index contributed by atoms with van der Waals surface area (Å²) in [5.41, 5.74) is 5.23. The van der Waals surface area contributed by atoms with Crippen LogP contribution in [0.5, 0.6) is 0 Å². The molecule has 0 spiro atoms. The predicted molar refractivity (Wildman–Crippen MR) is 62.4 cm³/mol. The van der Waals surface area contributed by atoms with Crippen molar-refractivity contribution in [1.82, 2.24) is 5.32 Å². The standard InChI is InChI=1S/C13H19N/c1-10(2)8-14-9-13-7-11(3)5-6-12(13)4/h5-7,14H,1,8-9H2,2-4H3. The molecule has 0 radical (unpaired) electrons. The van der Waals surface area contributed by atoms with Crippen LogP contribution in [0.3, 0.4) is 0 Å². The Labute approximate surface area is 86.8 Å². The Kier molecular flexibility index (Phi) is 3.90. The number of hydrogen-bond acceptors (Lipinski definition) is 1. The summed E-state index contributed by atoms with van der Waals surface area (Å²) in [5.74, 6) is 0. The normalized spacial score (nSPS) is 10.2. The van der Waals surface area contributed by atoms with Gasteiger partial charge in [-0.15, -0.1) is 0 Å². The smallest absolute Gasteiger partial charge is 0.0211 e. The maximum Gasteiger partial charge on any atom is 0.0211 e. The zero-order valence-corrected chi connectivity index (χ0v) is 9.35. The van der Waals surface area contributed by atoms with Crippen LogP contribution in [0.2, 0.25) is 0 Å². The van der Waals surface area contributed by atoms with Gasteiger partial charge in [-0.3, -0.25) is 0 Å². The summed E-state index contributed by atoms with van der Waals surface area (Å²) >= 11 is 0. The van der Waals surface area contributed by atoms with Gasteiger partial charge in [0, 0.05) is 13.1 Å². The molecule has 0 aromatic heterocycles. The van der Waals surface area contributed by atoms with Gasteiger partial charge in [-0.2, -0.15) is 0 Å². The molecule has 1 rings (SSSR count). The van der Waals surface area contributed by atoms with E-state index in [1.54, 1.807) is 0 Å². The van der Waals surface area contributed by atoms with Gasteiger partial charge >= 0.3 is 0 Å².